The quantitative estimate of drug-likeness (QED) is 0.0178. The fourth-order valence-electron chi connectivity index (χ4n) is 7.15. The van der Waals surface area contributed by atoms with Crippen LogP contribution in [0.4, 0.5) is 0 Å². The number of aliphatic hydroxyl groups excluding tert-OH is 2. The van der Waals surface area contributed by atoms with E-state index in [1.54, 1.807) is 12.2 Å². The number of aliphatic hydroxyl groups is 2. The predicted octanol–water partition coefficient (Wildman–Crippen LogP) is 9.72. The van der Waals surface area contributed by atoms with E-state index in [-0.39, 0.29) is 50.1 Å². The van der Waals surface area contributed by atoms with Gasteiger partial charge in [-0.25, -0.2) is 4.57 Å². The number of rotatable bonds is 38. The summed E-state index contributed by atoms with van der Waals surface area (Å²) in [5.74, 6) is -1.51. The molecule has 344 valence electrons. The number of esters is 2. The van der Waals surface area contributed by atoms with Gasteiger partial charge in [-0.2, -0.15) is 0 Å². The summed E-state index contributed by atoms with van der Waals surface area (Å²) in [6.07, 6.45) is 28.4. The van der Waals surface area contributed by atoms with Crippen molar-refractivity contribution in [2.45, 2.75) is 193 Å². The second-order valence-electron chi connectivity index (χ2n) is 17.6. The number of likely N-dealkylation sites (N-methyl/N-ethyl adjacent to an activating group) is 1. The third kappa shape index (κ3) is 30.7. The number of unbranched alkanes of at least 4 members (excludes halogenated alkanes) is 16. The molecule has 0 aromatic rings. The Morgan fingerprint density at radius 1 is 0.780 bits per heavy atom. The first-order chi connectivity index (χ1) is 28.2. The number of phosphoric acid groups is 1. The minimum absolute atomic E-state index is 0.00667. The topological polar surface area (TPSA) is 166 Å². The smallest absolute Gasteiger partial charge is 0.462 e. The summed E-state index contributed by atoms with van der Waals surface area (Å²) in [4.78, 5) is 48.1. The first-order valence-electron chi connectivity index (χ1n) is 23.2. The van der Waals surface area contributed by atoms with Crippen LogP contribution in [-0.4, -0.2) is 103 Å². The number of hydrogen-bond acceptors (Lipinski definition) is 10. The Morgan fingerprint density at radius 2 is 1.34 bits per heavy atom. The lowest BCUT2D eigenvalue weighted by Crippen LogP contribution is -2.37. The van der Waals surface area contributed by atoms with Crippen LogP contribution in [0.25, 0.3) is 0 Å². The van der Waals surface area contributed by atoms with Crippen LogP contribution in [0, 0.1) is 11.8 Å². The third-order valence-electron chi connectivity index (χ3n) is 10.9. The number of quaternary nitrogens is 1. The SMILES string of the molecule is CCCCCC/C=C\CCCCCCCCCC(=O)O[C@H](COC(=O)CCCCCC[C@H]1[C@@H](O)CC(=O)[C@@H]1/C=C/[C@@H](O)CCCCC)COP(=O)(O)OCC[N+](C)(C)C. The molecule has 0 aromatic heterocycles. The molecule has 1 unspecified atom stereocenters. The molecule has 13 heteroatoms. The van der Waals surface area contributed by atoms with Crippen molar-refractivity contribution in [2.24, 2.45) is 11.8 Å². The van der Waals surface area contributed by atoms with Gasteiger partial charge in [0, 0.05) is 25.2 Å². The first kappa shape index (κ1) is 55.1. The van der Waals surface area contributed by atoms with Gasteiger partial charge in [-0.15, -0.1) is 0 Å². The maximum atomic E-state index is 12.7. The summed E-state index contributed by atoms with van der Waals surface area (Å²) >= 11 is 0. The number of Topliss-reactive ketones (excluding diaryl/α,β-unsaturated/α-hetero) is 1. The molecule has 6 atom stereocenters. The van der Waals surface area contributed by atoms with Crippen molar-refractivity contribution in [3.8, 4) is 0 Å². The van der Waals surface area contributed by atoms with Gasteiger partial charge >= 0.3 is 19.8 Å². The average molecular weight is 859 g/mol. The van der Waals surface area contributed by atoms with E-state index in [4.69, 9.17) is 18.5 Å². The second kappa shape index (κ2) is 33.7. The molecule has 3 N–H and O–H groups in total. The molecule has 59 heavy (non-hydrogen) atoms. The molecule has 0 spiro atoms. The summed E-state index contributed by atoms with van der Waals surface area (Å²) in [6, 6.07) is 0. The number of hydrogen-bond donors (Lipinski definition) is 3. The van der Waals surface area contributed by atoms with Gasteiger partial charge in [0.05, 0.1) is 40.0 Å². The van der Waals surface area contributed by atoms with Gasteiger partial charge in [-0.05, 0) is 57.3 Å². The van der Waals surface area contributed by atoms with E-state index in [2.05, 4.69) is 26.0 Å². The normalized spacial score (nSPS) is 19.4. The molecular weight excluding hydrogens is 773 g/mol. The van der Waals surface area contributed by atoms with Crippen molar-refractivity contribution in [3.05, 3.63) is 24.3 Å². The molecule has 0 heterocycles. The second-order valence-corrected chi connectivity index (χ2v) is 19.0. The van der Waals surface area contributed by atoms with E-state index in [9.17, 15) is 34.1 Å². The Hall–Kier alpha value is -1.92. The summed E-state index contributed by atoms with van der Waals surface area (Å²) < 4.78 is 34.3. The Morgan fingerprint density at radius 3 is 1.97 bits per heavy atom. The average Bonchev–Trinajstić information content (AvgIpc) is 3.44. The summed E-state index contributed by atoms with van der Waals surface area (Å²) in [6.45, 7) is 4.04. The van der Waals surface area contributed by atoms with Crippen LogP contribution in [0.15, 0.2) is 24.3 Å². The van der Waals surface area contributed by atoms with Crippen LogP contribution in [0.1, 0.15) is 174 Å². The highest BCUT2D eigenvalue weighted by molar-refractivity contribution is 7.47. The van der Waals surface area contributed by atoms with Crippen molar-refractivity contribution in [1.82, 2.24) is 0 Å². The van der Waals surface area contributed by atoms with Gasteiger partial charge in [-0.3, -0.25) is 23.4 Å². The van der Waals surface area contributed by atoms with E-state index in [1.807, 2.05) is 21.1 Å². The van der Waals surface area contributed by atoms with Gasteiger partial charge < -0.3 is 29.1 Å². The number of allylic oxidation sites excluding steroid dienone is 3. The number of phosphoric ester groups is 1. The summed E-state index contributed by atoms with van der Waals surface area (Å²) in [7, 11) is 1.35. The summed E-state index contributed by atoms with van der Waals surface area (Å²) in [5, 5.41) is 20.8. The molecule has 1 fully saturated rings. The number of nitrogens with zero attached hydrogens (tertiary/aromatic N) is 1. The molecule has 1 rings (SSSR count). The van der Waals surface area contributed by atoms with Gasteiger partial charge in [0.25, 0.3) is 0 Å². The van der Waals surface area contributed by atoms with Crippen LogP contribution in [0.2, 0.25) is 0 Å². The van der Waals surface area contributed by atoms with Gasteiger partial charge in [0.1, 0.15) is 25.5 Å². The molecule has 12 nitrogen and oxygen atoms in total. The minimum Gasteiger partial charge on any atom is -0.462 e. The number of ketones is 1. The fraction of sp³-hybridized carbons (Fsp3) is 0.848. The van der Waals surface area contributed by atoms with E-state index in [0.29, 0.717) is 36.7 Å². The van der Waals surface area contributed by atoms with E-state index < -0.39 is 44.7 Å². The zero-order chi connectivity index (χ0) is 43.8. The molecule has 0 radical (unpaired) electrons. The van der Waals surface area contributed by atoms with Crippen LogP contribution in [0.3, 0.4) is 0 Å². The molecule has 0 aromatic carbocycles. The summed E-state index contributed by atoms with van der Waals surface area (Å²) in [5.41, 5.74) is 0. The van der Waals surface area contributed by atoms with E-state index >= 15 is 0 Å². The largest absolute Gasteiger partial charge is 0.472 e. The monoisotopic (exact) mass is 859 g/mol. The highest BCUT2D eigenvalue weighted by atomic mass is 31.2. The van der Waals surface area contributed by atoms with Crippen molar-refractivity contribution >= 4 is 25.5 Å². The van der Waals surface area contributed by atoms with E-state index in [0.717, 1.165) is 64.2 Å². The molecule has 0 bridgehead atoms. The van der Waals surface area contributed by atoms with Crippen LogP contribution >= 0.6 is 7.82 Å². The molecule has 1 aliphatic rings. The highest BCUT2D eigenvalue weighted by Crippen LogP contribution is 2.43. The lowest BCUT2D eigenvalue weighted by Gasteiger charge is -2.24. The fourth-order valence-corrected chi connectivity index (χ4v) is 7.89. The molecule has 0 saturated heterocycles. The van der Waals surface area contributed by atoms with Gasteiger partial charge in [-0.1, -0.05) is 128 Å². The predicted molar refractivity (Wildman–Crippen MR) is 235 cm³/mol. The minimum atomic E-state index is -4.43. The Kier molecular flexibility index (Phi) is 31.4. The Labute approximate surface area is 358 Å². The van der Waals surface area contributed by atoms with Crippen LogP contribution in [-0.2, 0) is 37.5 Å². The maximum absolute atomic E-state index is 12.7. The zero-order valence-corrected chi connectivity index (χ0v) is 38.6. The lowest BCUT2D eigenvalue weighted by atomic mass is 9.88. The van der Waals surface area contributed by atoms with Crippen molar-refractivity contribution in [1.29, 1.82) is 0 Å². The molecule has 1 aliphatic carbocycles. The maximum Gasteiger partial charge on any atom is 0.472 e. The van der Waals surface area contributed by atoms with Gasteiger partial charge in [0.2, 0.25) is 0 Å². The third-order valence-corrected chi connectivity index (χ3v) is 11.8. The molecule has 0 aliphatic heterocycles. The zero-order valence-electron chi connectivity index (χ0n) is 37.7. The van der Waals surface area contributed by atoms with Crippen LogP contribution < -0.4 is 0 Å². The lowest BCUT2D eigenvalue weighted by molar-refractivity contribution is -0.870. The van der Waals surface area contributed by atoms with Crippen molar-refractivity contribution < 1.29 is 57.1 Å². The molecular formula is C46H85NO11P+. The highest BCUT2D eigenvalue weighted by Gasteiger charge is 2.39. The Balaban J connectivity index is 2.45. The standard InChI is InChI=1S/C46H84NO11P/c1-6-8-10-11-12-13-14-15-16-17-18-19-20-21-27-31-46(52)58-40(38-57-59(53,54)56-35-34-47(3,4)5)37-55-45(51)30-26-23-22-25-29-41-42(44(50)36-43(41)49)33-32-39(48)28-24-9-7-2/h13-14,32-33,39-43,48-49H,6-12,15-31,34-38H2,1-5H3/p+1/b14-13-,33-32+/t39-,40+,41+,42+,43-/m0/s1. The van der Waals surface area contributed by atoms with Crippen molar-refractivity contribution in [2.75, 3.05) is 47.5 Å². The van der Waals surface area contributed by atoms with Gasteiger partial charge in [0.15, 0.2) is 6.10 Å². The molecule has 0 amide bonds. The van der Waals surface area contributed by atoms with E-state index in [1.165, 1.54) is 51.4 Å². The number of ether oxygens (including phenoxy) is 2. The Bertz CT molecular complexity index is 1220. The van der Waals surface area contributed by atoms with Crippen LogP contribution in [0.5, 0.6) is 0 Å². The molecule has 1 saturated carbocycles. The van der Waals surface area contributed by atoms with Crippen molar-refractivity contribution in [3.63, 3.8) is 0 Å². The number of carbonyl (C=O) groups excluding carboxylic acids is 3. The number of carbonyl (C=O) groups is 3. The first-order valence-corrected chi connectivity index (χ1v) is 24.7.